The monoisotopic (exact) mass is 157 g/mol. The van der Waals surface area contributed by atoms with Gasteiger partial charge in [-0.2, -0.15) is 0 Å². The van der Waals surface area contributed by atoms with Crippen LogP contribution in [0.1, 0.15) is 6.42 Å². The Bertz CT molecular complexity index is 135. The van der Waals surface area contributed by atoms with Crippen molar-refractivity contribution >= 4 is 0 Å². The molecule has 1 aliphatic rings. The molecule has 0 aromatic carbocycles. The number of likely N-dealkylation sites (tertiary alicyclic amines) is 1. The van der Waals surface area contributed by atoms with Gasteiger partial charge < -0.3 is 15.5 Å². The Hall–Kier alpha value is -0.120. The fraction of sp³-hybridized carbons (Fsp3) is 1.00. The predicted molar refractivity (Wildman–Crippen MR) is 47.6 cm³/mol. The highest BCUT2D eigenvalue weighted by Gasteiger charge is 2.37. The van der Waals surface area contributed by atoms with Crippen LogP contribution in [0, 0.1) is 0 Å². The van der Waals surface area contributed by atoms with Gasteiger partial charge in [-0.1, -0.05) is 0 Å². The van der Waals surface area contributed by atoms with Crippen LogP contribution in [0.4, 0.5) is 0 Å². The Balaban J connectivity index is 2.62. The van der Waals surface area contributed by atoms with E-state index < -0.39 is 0 Å². The quantitative estimate of drug-likeness (QED) is 0.591. The van der Waals surface area contributed by atoms with Gasteiger partial charge in [0.2, 0.25) is 0 Å². The highest BCUT2D eigenvalue weighted by atomic mass is 15.3. The molecular weight excluding hydrogens is 138 g/mol. The lowest BCUT2D eigenvalue weighted by molar-refractivity contribution is 0.167. The van der Waals surface area contributed by atoms with E-state index in [1.54, 1.807) is 0 Å². The van der Waals surface area contributed by atoms with Crippen LogP contribution in [0.3, 0.4) is 0 Å². The van der Waals surface area contributed by atoms with E-state index in [1.807, 2.05) is 0 Å². The molecule has 2 N–H and O–H groups in total. The first-order chi connectivity index (χ1) is 5.10. The van der Waals surface area contributed by atoms with Crippen LogP contribution in [-0.2, 0) is 0 Å². The molecule has 1 unspecified atom stereocenters. The summed E-state index contributed by atoms with van der Waals surface area (Å²) in [4.78, 5) is 4.60. The maximum atomic E-state index is 5.76. The van der Waals surface area contributed by atoms with Crippen LogP contribution < -0.4 is 5.73 Å². The summed E-state index contributed by atoms with van der Waals surface area (Å²) in [5, 5.41) is 0. The van der Waals surface area contributed by atoms with Crippen LogP contribution in [0.2, 0.25) is 0 Å². The Morgan fingerprint density at radius 1 is 1.55 bits per heavy atom. The molecule has 0 saturated carbocycles. The lowest BCUT2D eigenvalue weighted by Crippen LogP contribution is -2.51. The third-order valence-corrected chi connectivity index (χ3v) is 2.85. The van der Waals surface area contributed by atoms with Crippen LogP contribution in [0.15, 0.2) is 0 Å². The fourth-order valence-corrected chi connectivity index (χ4v) is 1.77. The van der Waals surface area contributed by atoms with Gasteiger partial charge in [0, 0.05) is 18.6 Å². The van der Waals surface area contributed by atoms with E-state index >= 15 is 0 Å². The summed E-state index contributed by atoms with van der Waals surface area (Å²) in [6.07, 6.45) is 1.20. The average Bonchev–Trinajstić information content (AvgIpc) is 2.33. The van der Waals surface area contributed by atoms with Gasteiger partial charge in [0.1, 0.15) is 0 Å². The molecule has 1 heterocycles. The molecule has 0 aliphatic carbocycles. The Kier molecular flexibility index (Phi) is 2.52. The van der Waals surface area contributed by atoms with Crippen molar-refractivity contribution in [2.75, 3.05) is 40.8 Å². The van der Waals surface area contributed by atoms with Gasteiger partial charge in [-0.15, -0.1) is 0 Å². The maximum Gasteiger partial charge on any atom is 0.0464 e. The first-order valence-electron chi connectivity index (χ1n) is 4.17. The minimum Gasteiger partial charge on any atom is -0.329 e. The van der Waals surface area contributed by atoms with Crippen molar-refractivity contribution in [2.45, 2.75) is 12.0 Å². The number of hydrogen-bond donors (Lipinski definition) is 1. The third-order valence-electron chi connectivity index (χ3n) is 2.85. The molecule has 11 heavy (non-hydrogen) atoms. The number of hydrogen-bond acceptors (Lipinski definition) is 3. The molecule has 1 aliphatic heterocycles. The highest BCUT2D eigenvalue weighted by molar-refractivity contribution is 4.96. The summed E-state index contributed by atoms with van der Waals surface area (Å²) < 4.78 is 0. The van der Waals surface area contributed by atoms with Gasteiger partial charge in [-0.3, -0.25) is 0 Å². The van der Waals surface area contributed by atoms with Gasteiger partial charge in [0.15, 0.2) is 0 Å². The summed E-state index contributed by atoms with van der Waals surface area (Å²) in [7, 11) is 6.39. The lowest BCUT2D eigenvalue weighted by atomic mass is 9.98. The zero-order chi connectivity index (χ0) is 8.48. The maximum absolute atomic E-state index is 5.76. The van der Waals surface area contributed by atoms with Crippen molar-refractivity contribution in [3.05, 3.63) is 0 Å². The summed E-state index contributed by atoms with van der Waals surface area (Å²) in [5.74, 6) is 0. The second-order valence-corrected chi connectivity index (χ2v) is 3.81. The molecule has 0 aromatic rings. The Morgan fingerprint density at radius 2 is 2.18 bits per heavy atom. The van der Waals surface area contributed by atoms with Crippen molar-refractivity contribution in [2.24, 2.45) is 5.73 Å². The van der Waals surface area contributed by atoms with Gasteiger partial charge >= 0.3 is 0 Å². The number of rotatable bonds is 2. The van der Waals surface area contributed by atoms with E-state index in [0.717, 1.165) is 13.1 Å². The van der Waals surface area contributed by atoms with Crippen LogP contribution in [-0.4, -0.2) is 56.1 Å². The standard InChI is InChI=1S/C8H19N3/c1-10(2)8(6-9)4-5-11(3)7-8/h4-7,9H2,1-3H3. The van der Waals surface area contributed by atoms with Gasteiger partial charge in [-0.25, -0.2) is 0 Å². The number of nitrogens with two attached hydrogens (primary N) is 1. The predicted octanol–water partition coefficient (Wildman–Crippen LogP) is -0.419. The molecule has 1 rings (SSSR count). The topological polar surface area (TPSA) is 32.5 Å². The highest BCUT2D eigenvalue weighted by Crippen LogP contribution is 2.23. The van der Waals surface area contributed by atoms with Crippen molar-refractivity contribution in [3.8, 4) is 0 Å². The van der Waals surface area contributed by atoms with Gasteiger partial charge in [-0.05, 0) is 34.1 Å². The molecule has 3 heteroatoms. The zero-order valence-electron chi connectivity index (χ0n) is 7.80. The molecule has 3 nitrogen and oxygen atoms in total. The fourth-order valence-electron chi connectivity index (χ4n) is 1.77. The second kappa shape index (κ2) is 3.09. The number of nitrogens with zero attached hydrogens (tertiary/aromatic N) is 2. The second-order valence-electron chi connectivity index (χ2n) is 3.81. The molecule has 0 bridgehead atoms. The lowest BCUT2D eigenvalue weighted by Gasteiger charge is -2.34. The Morgan fingerprint density at radius 3 is 2.36 bits per heavy atom. The normalized spacial score (nSPS) is 33.5. The van der Waals surface area contributed by atoms with E-state index in [1.165, 1.54) is 13.0 Å². The van der Waals surface area contributed by atoms with Gasteiger partial charge in [0.05, 0.1) is 0 Å². The molecule has 0 aromatic heterocycles. The Labute approximate surface area is 69.1 Å². The summed E-state index contributed by atoms with van der Waals surface area (Å²) >= 11 is 0. The van der Waals surface area contributed by atoms with E-state index in [4.69, 9.17) is 5.73 Å². The SMILES string of the molecule is CN1CCC(CN)(N(C)C)C1. The summed E-state index contributed by atoms with van der Waals surface area (Å²) in [6, 6.07) is 0. The van der Waals surface area contributed by atoms with Crippen LogP contribution in [0.5, 0.6) is 0 Å². The molecule has 0 radical (unpaired) electrons. The van der Waals surface area contributed by atoms with Crippen molar-refractivity contribution < 1.29 is 0 Å². The molecule has 0 spiro atoms. The summed E-state index contributed by atoms with van der Waals surface area (Å²) in [5.41, 5.74) is 6.01. The molecule has 1 saturated heterocycles. The zero-order valence-corrected chi connectivity index (χ0v) is 7.80. The molecule has 66 valence electrons. The smallest absolute Gasteiger partial charge is 0.0464 e. The van der Waals surface area contributed by atoms with Crippen molar-refractivity contribution in [1.29, 1.82) is 0 Å². The number of likely N-dealkylation sites (N-methyl/N-ethyl adjacent to an activating group) is 2. The van der Waals surface area contributed by atoms with Gasteiger partial charge in [0.25, 0.3) is 0 Å². The molecule has 0 amide bonds. The average molecular weight is 157 g/mol. The molecular formula is C8H19N3. The van der Waals surface area contributed by atoms with Crippen molar-refractivity contribution in [1.82, 2.24) is 9.80 Å². The van der Waals surface area contributed by atoms with Crippen molar-refractivity contribution in [3.63, 3.8) is 0 Å². The van der Waals surface area contributed by atoms with E-state index in [-0.39, 0.29) is 5.54 Å². The molecule has 1 atom stereocenters. The first-order valence-corrected chi connectivity index (χ1v) is 4.17. The minimum absolute atomic E-state index is 0.245. The summed E-state index contributed by atoms with van der Waals surface area (Å²) in [6.45, 7) is 3.05. The van der Waals surface area contributed by atoms with Crippen LogP contribution >= 0.6 is 0 Å². The van der Waals surface area contributed by atoms with Crippen LogP contribution in [0.25, 0.3) is 0 Å². The van der Waals surface area contributed by atoms with E-state index in [9.17, 15) is 0 Å². The van der Waals surface area contributed by atoms with E-state index in [0.29, 0.717) is 0 Å². The van der Waals surface area contributed by atoms with E-state index in [2.05, 4.69) is 30.9 Å². The minimum atomic E-state index is 0.245. The molecule has 1 fully saturated rings. The largest absolute Gasteiger partial charge is 0.329 e. The third kappa shape index (κ3) is 1.55. The first kappa shape index (κ1) is 8.97.